The van der Waals surface area contributed by atoms with Crippen LogP contribution in [-0.4, -0.2) is 35.7 Å². The average Bonchev–Trinajstić information content (AvgIpc) is 3.34. The van der Waals surface area contributed by atoms with Crippen LogP contribution >= 0.6 is 0 Å². The first-order valence-electron chi connectivity index (χ1n) is 11.4. The summed E-state index contributed by atoms with van der Waals surface area (Å²) in [5.41, 5.74) is -2.44. The average molecular weight is 490 g/mol. The van der Waals surface area contributed by atoms with Crippen molar-refractivity contribution in [3.05, 3.63) is 88.0 Å². The number of amides is 1. The van der Waals surface area contributed by atoms with E-state index in [-0.39, 0.29) is 22.6 Å². The van der Waals surface area contributed by atoms with E-state index < -0.39 is 47.6 Å². The molecule has 35 heavy (non-hydrogen) atoms. The Hall–Kier alpha value is -4.42. The largest absolute Gasteiger partial charge is 0.419 e. The number of nitrogens with one attached hydrogen (secondary N) is 1. The van der Waals surface area contributed by atoms with E-state index in [0.717, 1.165) is 28.9 Å². The summed E-state index contributed by atoms with van der Waals surface area (Å²) in [5, 5.41) is 13.5. The highest BCUT2D eigenvalue weighted by Crippen LogP contribution is 2.33. The number of pyridine rings is 1. The lowest BCUT2D eigenvalue weighted by atomic mass is 10.0. The van der Waals surface area contributed by atoms with Gasteiger partial charge in [-0.15, -0.1) is 5.10 Å². The second-order valence-electron chi connectivity index (χ2n) is 7.33. The second kappa shape index (κ2) is 9.08. The van der Waals surface area contributed by atoms with Gasteiger partial charge in [0.05, 0.1) is 35.4 Å². The minimum absolute atomic E-state index is 0.0670. The molecule has 0 unspecified atom stereocenters. The van der Waals surface area contributed by atoms with Gasteiger partial charge in [-0.1, -0.05) is 17.3 Å². The van der Waals surface area contributed by atoms with Crippen molar-refractivity contribution in [3.8, 4) is 16.9 Å². The number of alkyl halides is 3. The molecule has 0 saturated carbocycles. The van der Waals surface area contributed by atoms with Gasteiger partial charge in [0.15, 0.2) is 0 Å². The Balaban J connectivity index is 1.64. The summed E-state index contributed by atoms with van der Waals surface area (Å²) in [6.45, 7) is -1.34. The summed E-state index contributed by atoms with van der Waals surface area (Å²) in [6, 6.07) is 5.05. The molecule has 0 bridgehead atoms. The maximum Gasteiger partial charge on any atom is 0.419 e. The molecule has 3 heterocycles. The third-order valence-electron chi connectivity index (χ3n) is 4.99. The van der Waals surface area contributed by atoms with Crippen molar-refractivity contribution in [2.24, 2.45) is 6.98 Å². The monoisotopic (exact) mass is 490 g/mol. The number of halogens is 4. The van der Waals surface area contributed by atoms with E-state index in [2.05, 4.69) is 25.7 Å². The summed E-state index contributed by atoms with van der Waals surface area (Å²) in [7, 11) is 0. The maximum atomic E-state index is 14.5. The molecule has 4 rings (SSSR count). The van der Waals surface area contributed by atoms with Gasteiger partial charge in [0.25, 0.3) is 11.5 Å². The lowest BCUT2D eigenvalue weighted by Crippen LogP contribution is -2.31. The van der Waals surface area contributed by atoms with E-state index >= 15 is 0 Å². The number of nitrogens with zero attached hydrogens (tertiary/aromatic N) is 6. The van der Waals surface area contributed by atoms with E-state index in [4.69, 9.17) is 4.11 Å². The fourth-order valence-electron chi connectivity index (χ4n) is 3.28. The Morgan fingerprint density at radius 3 is 2.71 bits per heavy atom. The molecule has 0 radical (unpaired) electrons. The highest BCUT2D eigenvalue weighted by molar-refractivity contribution is 5.92. The Kier molecular flexibility index (Phi) is 5.19. The number of hydrogen-bond acceptors (Lipinski definition) is 6. The molecule has 4 aromatic rings. The molecule has 0 aliphatic rings. The van der Waals surface area contributed by atoms with Crippen LogP contribution in [0.4, 0.5) is 17.6 Å². The second-order valence-corrected chi connectivity index (χ2v) is 7.33. The maximum absolute atomic E-state index is 14.5. The van der Waals surface area contributed by atoms with Gasteiger partial charge in [-0.05, 0) is 25.1 Å². The van der Waals surface area contributed by atoms with Gasteiger partial charge in [0.1, 0.15) is 11.5 Å². The first-order chi connectivity index (χ1) is 17.8. The third-order valence-corrected chi connectivity index (χ3v) is 4.99. The lowest BCUT2D eigenvalue weighted by Gasteiger charge is -2.17. The summed E-state index contributed by atoms with van der Waals surface area (Å²) in [5.74, 6) is -2.41. The van der Waals surface area contributed by atoms with Crippen LogP contribution in [0.15, 0.2) is 59.8 Å². The van der Waals surface area contributed by atoms with Crippen molar-refractivity contribution in [2.75, 3.05) is 0 Å². The Morgan fingerprint density at radius 2 is 1.97 bits per heavy atom. The van der Waals surface area contributed by atoms with Crippen LogP contribution in [0.3, 0.4) is 0 Å². The molecule has 0 saturated heterocycles. The Bertz CT molecular complexity index is 1570. The standard InChI is InChI=1S/C22H17F4N7O2/c1-12(15-4-3-5-16(20(15)23)22(24,25)26)29-21(35)17-6-7-19(34)33(30-17)14-8-13(9-27-10-14)18-11-28-31-32(18)2/h3-12H,1-2H3,(H,29,35)/t12-/m1/s1/i2D3. The van der Waals surface area contributed by atoms with Crippen LogP contribution in [-0.2, 0) is 13.2 Å². The molecule has 1 aromatic carbocycles. The van der Waals surface area contributed by atoms with Crippen LogP contribution in [0.25, 0.3) is 16.9 Å². The predicted octanol–water partition coefficient (Wildman–Crippen LogP) is 3.07. The van der Waals surface area contributed by atoms with Crippen LogP contribution in [0.5, 0.6) is 0 Å². The van der Waals surface area contributed by atoms with Crippen molar-refractivity contribution < 1.29 is 26.5 Å². The molecule has 1 atom stereocenters. The fraction of sp³-hybridized carbons (Fsp3) is 0.182. The summed E-state index contributed by atoms with van der Waals surface area (Å²) in [4.78, 5) is 29.3. The van der Waals surface area contributed by atoms with Gasteiger partial charge in [0, 0.05) is 34.5 Å². The van der Waals surface area contributed by atoms with Crippen LogP contribution < -0.4 is 10.9 Å². The summed E-state index contributed by atoms with van der Waals surface area (Å²) in [6.07, 6.45) is -1.16. The summed E-state index contributed by atoms with van der Waals surface area (Å²) >= 11 is 0. The van der Waals surface area contributed by atoms with E-state index in [1.165, 1.54) is 31.6 Å². The minimum atomic E-state index is -4.92. The lowest BCUT2D eigenvalue weighted by molar-refractivity contribution is -0.140. The van der Waals surface area contributed by atoms with Gasteiger partial charge < -0.3 is 5.32 Å². The molecular formula is C22H17F4N7O2. The predicted molar refractivity (Wildman–Crippen MR) is 115 cm³/mol. The Labute approximate surface area is 199 Å². The first kappa shape index (κ1) is 20.0. The van der Waals surface area contributed by atoms with E-state index in [1.54, 1.807) is 0 Å². The molecular weight excluding hydrogens is 470 g/mol. The highest BCUT2D eigenvalue weighted by Gasteiger charge is 2.35. The van der Waals surface area contributed by atoms with Gasteiger partial charge >= 0.3 is 6.18 Å². The van der Waals surface area contributed by atoms with Crippen molar-refractivity contribution in [3.63, 3.8) is 0 Å². The van der Waals surface area contributed by atoms with Crippen molar-refractivity contribution in [1.29, 1.82) is 0 Å². The van der Waals surface area contributed by atoms with Gasteiger partial charge in [-0.2, -0.15) is 23.0 Å². The number of aromatic nitrogens is 6. The van der Waals surface area contributed by atoms with Crippen molar-refractivity contribution in [2.45, 2.75) is 19.1 Å². The zero-order valence-corrected chi connectivity index (χ0v) is 17.8. The molecule has 0 spiro atoms. The van der Waals surface area contributed by atoms with E-state index in [0.29, 0.717) is 10.7 Å². The van der Waals surface area contributed by atoms with Crippen molar-refractivity contribution >= 4 is 5.91 Å². The van der Waals surface area contributed by atoms with E-state index in [9.17, 15) is 27.2 Å². The number of carbonyl (C=O) groups is 1. The number of carbonyl (C=O) groups excluding carboxylic acids is 1. The third kappa shape index (κ3) is 4.78. The summed E-state index contributed by atoms with van der Waals surface area (Å²) < 4.78 is 77.8. The van der Waals surface area contributed by atoms with Crippen LogP contribution in [0, 0.1) is 5.82 Å². The van der Waals surface area contributed by atoms with Crippen LogP contribution in [0.1, 0.15) is 38.7 Å². The van der Waals surface area contributed by atoms with Gasteiger partial charge in [-0.3, -0.25) is 14.6 Å². The number of hydrogen-bond donors (Lipinski definition) is 1. The first-order valence-corrected chi connectivity index (χ1v) is 9.91. The molecule has 180 valence electrons. The smallest absolute Gasteiger partial charge is 0.344 e. The minimum Gasteiger partial charge on any atom is -0.344 e. The normalized spacial score (nSPS) is 14.0. The molecule has 3 aromatic heterocycles. The number of benzene rings is 1. The SMILES string of the molecule is [2H]C([2H])([2H])n1nncc1-c1cncc(-n2nc(C(=O)N[C@H](C)c3cccc(C(F)(F)F)c3F)ccc2=O)c1. The van der Waals surface area contributed by atoms with Crippen LogP contribution in [0.2, 0.25) is 0 Å². The zero-order valence-electron chi connectivity index (χ0n) is 20.8. The van der Waals surface area contributed by atoms with Gasteiger partial charge in [-0.25, -0.2) is 9.07 Å². The number of rotatable bonds is 5. The fourth-order valence-corrected chi connectivity index (χ4v) is 3.28. The quantitative estimate of drug-likeness (QED) is 0.431. The van der Waals surface area contributed by atoms with Gasteiger partial charge in [0.2, 0.25) is 0 Å². The molecule has 1 amide bonds. The molecule has 0 aliphatic carbocycles. The molecule has 13 heteroatoms. The number of aryl methyl sites for hydroxylation is 1. The topological polar surface area (TPSA) is 108 Å². The zero-order chi connectivity index (χ0) is 27.8. The molecule has 9 nitrogen and oxygen atoms in total. The Morgan fingerprint density at radius 1 is 1.17 bits per heavy atom. The molecule has 0 aliphatic heterocycles. The molecule has 1 N–H and O–H groups in total. The highest BCUT2D eigenvalue weighted by atomic mass is 19.4. The van der Waals surface area contributed by atoms with Crippen molar-refractivity contribution in [1.82, 2.24) is 35.1 Å². The molecule has 0 fully saturated rings. The van der Waals surface area contributed by atoms with E-state index in [1.807, 2.05) is 0 Å².